The molecular weight excluding hydrogens is 274 g/mol. The maximum Gasteiger partial charge on any atom is 0.232 e. The van der Waals surface area contributed by atoms with Gasteiger partial charge in [0.15, 0.2) is 0 Å². The minimum atomic E-state index is -0.620. The van der Waals surface area contributed by atoms with Crippen molar-refractivity contribution in [3.05, 3.63) is 23.4 Å². The Hall–Kier alpha value is -0.940. The van der Waals surface area contributed by atoms with E-state index in [0.29, 0.717) is 24.0 Å². The van der Waals surface area contributed by atoms with Crippen LogP contribution in [0, 0.1) is 5.92 Å². The summed E-state index contributed by atoms with van der Waals surface area (Å²) in [5.74, 6) is -0.110. The van der Waals surface area contributed by atoms with Crippen LogP contribution in [0.3, 0.4) is 0 Å². The van der Waals surface area contributed by atoms with Crippen LogP contribution in [0.2, 0.25) is 5.02 Å². The van der Waals surface area contributed by atoms with Crippen LogP contribution in [0.15, 0.2) is 18.3 Å². The number of hydrogen-bond acceptors (Lipinski definition) is 3. The van der Waals surface area contributed by atoms with Crippen LogP contribution in [0.4, 0.5) is 8.78 Å². The molecule has 1 atom stereocenters. The number of alkyl halides is 2. The zero-order valence-electron chi connectivity index (χ0n) is 10.6. The summed E-state index contributed by atoms with van der Waals surface area (Å²) >= 11 is 5.97. The fourth-order valence-electron chi connectivity index (χ4n) is 2.18. The number of hydrogen-bond donors (Lipinski definition) is 0. The lowest BCUT2D eigenvalue weighted by molar-refractivity contribution is 0.169. The van der Waals surface area contributed by atoms with Crippen LogP contribution >= 0.6 is 11.6 Å². The number of ether oxygens (including phenoxy) is 1. The monoisotopic (exact) mass is 290 g/mol. The second-order valence-corrected chi connectivity index (χ2v) is 5.16. The highest BCUT2D eigenvalue weighted by atomic mass is 35.5. The van der Waals surface area contributed by atoms with Crippen LogP contribution in [0.25, 0.3) is 0 Å². The van der Waals surface area contributed by atoms with E-state index in [9.17, 15) is 8.78 Å². The standard InChI is InChI=1S/C13H17ClF2N2O/c14-12-2-1-4-17-13(12)19-11-3-5-18(9-11)8-10(6-15)7-16/h1-2,4,10-11H,3,5-9H2/t11-/m1/s1. The van der Waals surface area contributed by atoms with Gasteiger partial charge < -0.3 is 4.74 Å². The molecule has 0 aromatic carbocycles. The quantitative estimate of drug-likeness (QED) is 0.805. The van der Waals surface area contributed by atoms with Crippen molar-refractivity contribution in [2.24, 2.45) is 5.92 Å². The smallest absolute Gasteiger partial charge is 0.232 e. The highest BCUT2D eigenvalue weighted by Gasteiger charge is 2.26. The Kier molecular flexibility index (Phi) is 5.34. The second kappa shape index (κ2) is 7.01. The van der Waals surface area contributed by atoms with E-state index in [-0.39, 0.29) is 6.10 Å². The Morgan fingerprint density at radius 2 is 2.26 bits per heavy atom. The van der Waals surface area contributed by atoms with Crippen molar-refractivity contribution in [3.63, 3.8) is 0 Å². The number of pyridine rings is 1. The van der Waals surface area contributed by atoms with Gasteiger partial charge >= 0.3 is 0 Å². The summed E-state index contributed by atoms with van der Waals surface area (Å²) in [4.78, 5) is 6.09. The van der Waals surface area contributed by atoms with Crippen LogP contribution in [0.5, 0.6) is 5.88 Å². The summed E-state index contributed by atoms with van der Waals surface area (Å²) in [6, 6.07) is 3.46. The summed E-state index contributed by atoms with van der Waals surface area (Å²) in [6.07, 6.45) is 2.42. The molecule has 6 heteroatoms. The molecular formula is C13H17ClF2N2O. The molecule has 3 nitrogen and oxygen atoms in total. The molecule has 2 rings (SSSR count). The minimum Gasteiger partial charge on any atom is -0.472 e. The Morgan fingerprint density at radius 3 is 2.95 bits per heavy atom. The van der Waals surface area contributed by atoms with Gasteiger partial charge in [-0.05, 0) is 18.6 Å². The average Bonchev–Trinajstić information content (AvgIpc) is 2.86. The van der Waals surface area contributed by atoms with Gasteiger partial charge in [-0.2, -0.15) is 0 Å². The first kappa shape index (κ1) is 14.5. The third kappa shape index (κ3) is 4.01. The Balaban J connectivity index is 1.84. The van der Waals surface area contributed by atoms with Crippen molar-refractivity contribution >= 4 is 11.6 Å². The van der Waals surface area contributed by atoms with Gasteiger partial charge in [0, 0.05) is 31.7 Å². The molecule has 1 aliphatic heterocycles. The first-order chi connectivity index (χ1) is 9.22. The summed E-state index contributed by atoms with van der Waals surface area (Å²) < 4.78 is 30.7. The van der Waals surface area contributed by atoms with E-state index in [4.69, 9.17) is 16.3 Å². The number of nitrogens with zero attached hydrogens (tertiary/aromatic N) is 2. The highest BCUT2D eigenvalue weighted by Crippen LogP contribution is 2.24. The van der Waals surface area contributed by atoms with Gasteiger partial charge in [-0.3, -0.25) is 13.7 Å². The molecule has 106 valence electrons. The number of halogens is 3. The minimum absolute atomic E-state index is 0.0210. The topological polar surface area (TPSA) is 25.4 Å². The summed E-state index contributed by atoms with van der Waals surface area (Å²) in [6.45, 7) is 0.632. The SMILES string of the molecule is FCC(CF)CN1CC[C@@H](Oc2ncccc2Cl)C1. The molecule has 0 spiro atoms. The summed E-state index contributed by atoms with van der Waals surface area (Å²) in [5, 5.41) is 0.478. The molecule has 0 bridgehead atoms. The normalized spacial score (nSPS) is 20.1. The fraction of sp³-hybridized carbons (Fsp3) is 0.615. The van der Waals surface area contributed by atoms with E-state index < -0.39 is 19.3 Å². The molecule has 0 N–H and O–H groups in total. The lowest BCUT2D eigenvalue weighted by Crippen LogP contribution is -2.31. The lowest BCUT2D eigenvalue weighted by Gasteiger charge is -2.19. The van der Waals surface area contributed by atoms with Crippen LogP contribution in [-0.2, 0) is 0 Å². The molecule has 0 amide bonds. The van der Waals surface area contributed by atoms with E-state index in [1.54, 1.807) is 18.3 Å². The van der Waals surface area contributed by atoms with Crippen LogP contribution in [0.1, 0.15) is 6.42 Å². The van der Waals surface area contributed by atoms with E-state index in [0.717, 1.165) is 13.0 Å². The zero-order chi connectivity index (χ0) is 13.7. The van der Waals surface area contributed by atoms with Gasteiger partial charge in [-0.25, -0.2) is 4.98 Å². The van der Waals surface area contributed by atoms with Gasteiger partial charge in [0.25, 0.3) is 0 Å². The van der Waals surface area contributed by atoms with Crippen molar-refractivity contribution < 1.29 is 13.5 Å². The molecule has 1 aromatic heterocycles. The van der Waals surface area contributed by atoms with Crippen molar-refractivity contribution in [1.29, 1.82) is 0 Å². The number of likely N-dealkylation sites (tertiary alicyclic amines) is 1. The lowest BCUT2D eigenvalue weighted by atomic mass is 10.2. The van der Waals surface area contributed by atoms with E-state index >= 15 is 0 Å². The Labute approximate surface area is 116 Å². The van der Waals surface area contributed by atoms with Gasteiger partial charge in [0.2, 0.25) is 5.88 Å². The molecule has 2 heterocycles. The predicted octanol–water partition coefficient (Wildman–Crippen LogP) is 2.74. The highest BCUT2D eigenvalue weighted by molar-refractivity contribution is 6.31. The van der Waals surface area contributed by atoms with Gasteiger partial charge in [-0.1, -0.05) is 11.6 Å². The molecule has 1 saturated heterocycles. The third-order valence-electron chi connectivity index (χ3n) is 3.18. The van der Waals surface area contributed by atoms with Crippen molar-refractivity contribution in [2.45, 2.75) is 12.5 Å². The average molecular weight is 291 g/mol. The first-order valence-corrected chi connectivity index (χ1v) is 6.72. The van der Waals surface area contributed by atoms with E-state index in [1.165, 1.54) is 0 Å². The molecule has 1 aliphatic rings. The van der Waals surface area contributed by atoms with Crippen LogP contribution in [-0.4, -0.2) is 49.0 Å². The molecule has 0 radical (unpaired) electrons. The number of rotatable bonds is 6. The van der Waals surface area contributed by atoms with Gasteiger partial charge in [-0.15, -0.1) is 0 Å². The molecule has 19 heavy (non-hydrogen) atoms. The maximum atomic E-state index is 12.5. The fourth-order valence-corrected chi connectivity index (χ4v) is 2.34. The van der Waals surface area contributed by atoms with Gasteiger partial charge in [0.1, 0.15) is 11.1 Å². The number of aromatic nitrogens is 1. The van der Waals surface area contributed by atoms with E-state index in [1.807, 2.05) is 4.90 Å². The summed E-state index contributed by atoms with van der Waals surface area (Å²) in [5.41, 5.74) is 0. The second-order valence-electron chi connectivity index (χ2n) is 4.75. The predicted molar refractivity (Wildman–Crippen MR) is 70.2 cm³/mol. The van der Waals surface area contributed by atoms with Crippen LogP contribution < -0.4 is 4.74 Å². The largest absolute Gasteiger partial charge is 0.472 e. The zero-order valence-corrected chi connectivity index (χ0v) is 11.3. The molecule has 1 fully saturated rings. The molecule has 0 aliphatic carbocycles. The third-order valence-corrected chi connectivity index (χ3v) is 3.47. The van der Waals surface area contributed by atoms with Crippen molar-refractivity contribution in [2.75, 3.05) is 33.0 Å². The molecule has 1 aromatic rings. The van der Waals surface area contributed by atoms with Gasteiger partial charge in [0.05, 0.1) is 13.3 Å². The summed E-state index contributed by atoms with van der Waals surface area (Å²) in [7, 11) is 0. The Morgan fingerprint density at radius 1 is 1.47 bits per heavy atom. The molecule has 0 saturated carbocycles. The van der Waals surface area contributed by atoms with Crippen molar-refractivity contribution in [3.8, 4) is 5.88 Å². The maximum absolute atomic E-state index is 12.5. The first-order valence-electron chi connectivity index (χ1n) is 6.34. The molecule has 0 unspecified atom stereocenters. The Bertz CT molecular complexity index is 404. The van der Waals surface area contributed by atoms with Crippen molar-refractivity contribution in [1.82, 2.24) is 9.88 Å². The van der Waals surface area contributed by atoms with E-state index in [2.05, 4.69) is 4.98 Å².